The van der Waals surface area contributed by atoms with Crippen molar-refractivity contribution >= 4 is 28.2 Å². The molecule has 0 aliphatic rings. The van der Waals surface area contributed by atoms with Crippen LogP contribution in [-0.2, 0) is 4.74 Å². The largest absolute Gasteiger partial charge is 0.448 e. The number of nitro groups is 1. The molecule has 0 saturated carbocycles. The SMILES string of the molecule is NC(=O)OCCNc1ccc([N+](=O)[O-])c2ccncc12. The maximum Gasteiger partial charge on any atom is 0.404 e. The molecule has 2 aromatic rings. The summed E-state index contributed by atoms with van der Waals surface area (Å²) in [7, 11) is 0. The van der Waals surface area contributed by atoms with Gasteiger partial charge < -0.3 is 15.8 Å². The van der Waals surface area contributed by atoms with Crippen molar-refractivity contribution in [2.24, 2.45) is 5.73 Å². The molecule has 0 fully saturated rings. The number of aromatic nitrogens is 1. The molecule has 0 saturated heterocycles. The Morgan fingerprint density at radius 1 is 1.40 bits per heavy atom. The van der Waals surface area contributed by atoms with Crippen LogP contribution in [0.15, 0.2) is 30.6 Å². The minimum atomic E-state index is -0.845. The number of carbonyl (C=O) groups is 1. The van der Waals surface area contributed by atoms with Crippen molar-refractivity contribution in [3.63, 3.8) is 0 Å². The van der Waals surface area contributed by atoms with Crippen LogP contribution >= 0.6 is 0 Å². The number of rotatable bonds is 5. The molecule has 0 aliphatic heterocycles. The van der Waals surface area contributed by atoms with Crippen molar-refractivity contribution in [2.45, 2.75) is 0 Å². The van der Waals surface area contributed by atoms with Gasteiger partial charge in [-0.15, -0.1) is 0 Å². The highest BCUT2D eigenvalue weighted by atomic mass is 16.6. The number of fused-ring (bicyclic) bond motifs is 1. The van der Waals surface area contributed by atoms with Crippen molar-refractivity contribution < 1.29 is 14.5 Å². The molecule has 0 radical (unpaired) electrons. The van der Waals surface area contributed by atoms with Crippen LogP contribution in [0.5, 0.6) is 0 Å². The summed E-state index contributed by atoms with van der Waals surface area (Å²) >= 11 is 0. The Morgan fingerprint density at radius 3 is 2.90 bits per heavy atom. The van der Waals surface area contributed by atoms with Crippen LogP contribution in [0.3, 0.4) is 0 Å². The Bertz CT molecular complexity index is 659. The predicted molar refractivity (Wildman–Crippen MR) is 72.4 cm³/mol. The number of nitrogens with two attached hydrogens (primary N) is 1. The second-order valence-corrected chi connectivity index (χ2v) is 3.90. The molecular weight excluding hydrogens is 264 g/mol. The first-order valence-electron chi connectivity index (χ1n) is 5.77. The number of nitro benzene ring substituents is 1. The fourth-order valence-electron chi connectivity index (χ4n) is 1.82. The zero-order valence-corrected chi connectivity index (χ0v) is 10.4. The van der Waals surface area contributed by atoms with Crippen molar-refractivity contribution in [2.75, 3.05) is 18.5 Å². The fourth-order valence-corrected chi connectivity index (χ4v) is 1.82. The van der Waals surface area contributed by atoms with E-state index in [0.717, 1.165) is 0 Å². The minimum absolute atomic E-state index is 0.0151. The normalized spacial score (nSPS) is 10.2. The predicted octanol–water partition coefficient (Wildman–Crippen LogP) is 1.65. The molecule has 0 bridgehead atoms. The van der Waals surface area contributed by atoms with E-state index in [1.807, 2.05) is 0 Å². The van der Waals surface area contributed by atoms with Gasteiger partial charge in [0.05, 0.1) is 10.3 Å². The molecule has 0 spiro atoms. The number of primary amides is 1. The number of carbonyl (C=O) groups excluding carboxylic acids is 1. The Hall–Kier alpha value is -2.90. The minimum Gasteiger partial charge on any atom is -0.448 e. The van der Waals surface area contributed by atoms with Gasteiger partial charge in [-0.05, 0) is 12.1 Å². The number of non-ortho nitro benzene ring substituents is 1. The molecule has 8 heteroatoms. The van der Waals surface area contributed by atoms with Crippen LogP contribution in [0, 0.1) is 10.1 Å². The third-order valence-electron chi connectivity index (χ3n) is 2.65. The smallest absolute Gasteiger partial charge is 0.404 e. The number of nitrogens with one attached hydrogen (secondary N) is 1. The van der Waals surface area contributed by atoms with Crippen molar-refractivity contribution in [3.8, 4) is 0 Å². The quantitative estimate of drug-likeness (QED) is 0.486. The van der Waals surface area contributed by atoms with Gasteiger partial charge in [-0.3, -0.25) is 15.1 Å². The average Bonchev–Trinajstić information content (AvgIpc) is 2.43. The summed E-state index contributed by atoms with van der Waals surface area (Å²) in [6, 6.07) is 4.59. The molecule has 0 atom stereocenters. The maximum atomic E-state index is 11.0. The first-order valence-corrected chi connectivity index (χ1v) is 5.77. The monoisotopic (exact) mass is 276 g/mol. The van der Waals surface area contributed by atoms with Gasteiger partial charge in [-0.1, -0.05) is 0 Å². The lowest BCUT2D eigenvalue weighted by Gasteiger charge is -2.09. The fraction of sp³-hybridized carbons (Fsp3) is 0.167. The highest BCUT2D eigenvalue weighted by Crippen LogP contribution is 2.30. The van der Waals surface area contributed by atoms with E-state index in [0.29, 0.717) is 23.0 Å². The summed E-state index contributed by atoms with van der Waals surface area (Å²) in [5.41, 5.74) is 5.53. The Labute approximate surface area is 113 Å². The van der Waals surface area contributed by atoms with E-state index in [4.69, 9.17) is 5.73 Å². The molecule has 1 aromatic carbocycles. The van der Waals surface area contributed by atoms with Gasteiger partial charge in [0.1, 0.15) is 6.61 Å². The van der Waals surface area contributed by atoms with E-state index in [2.05, 4.69) is 15.0 Å². The number of benzene rings is 1. The van der Waals surface area contributed by atoms with E-state index in [-0.39, 0.29) is 12.3 Å². The second kappa shape index (κ2) is 5.83. The Kier molecular flexibility index (Phi) is 3.94. The highest BCUT2D eigenvalue weighted by molar-refractivity contribution is 5.99. The third-order valence-corrected chi connectivity index (χ3v) is 2.65. The zero-order chi connectivity index (χ0) is 14.5. The van der Waals surface area contributed by atoms with Crippen molar-refractivity contribution in [1.82, 2.24) is 4.98 Å². The number of pyridine rings is 1. The zero-order valence-electron chi connectivity index (χ0n) is 10.4. The lowest BCUT2D eigenvalue weighted by atomic mass is 10.1. The summed E-state index contributed by atoms with van der Waals surface area (Å²) in [5, 5.41) is 15.1. The summed E-state index contributed by atoms with van der Waals surface area (Å²) in [5.74, 6) is 0. The summed E-state index contributed by atoms with van der Waals surface area (Å²) in [6.07, 6.45) is 2.19. The topological polar surface area (TPSA) is 120 Å². The van der Waals surface area contributed by atoms with Gasteiger partial charge in [-0.25, -0.2) is 4.79 Å². The van der Waals surface area contributed by atoms with E-state index < -0.39 is 11.0 Å². The lowest BCUT2D eigenvalue weighted by molar-refractivity contribution is -0.383. The standard InChI is InChI=1S/C12H12N4O4/c13-12(17)20-6-5-15-10-1-2-11(16(18)19)8-3-4-14-7-9(8)10/h1-4,7,15H,5-6H2,(H2,13,17). The third kappa shape index (κ3) is 2.91. The molecule has 2 rings (SSSR count). The summed E-state index contributed by atoms with van der Waals surface area (Å²) < 4.78 is 4.59. The van der Waals surface area contributed by atoms with E-state index >= 15 is 0 Å². The average molecular weight is 276 g/mol. The molecule has 1 amide bonds. The van der Waals surface area contributed by atoms with Gasteiger partial charge in [0.25, 0.3) is 5.69 Å². The van der Waals surface area contributed by atoms with Crippen LogP contribution in [0.4, 0.5) is 16.2 Å². The molecule has 104 valence electrons. The van der Waals surface area contributed by atoms with Crippen LogP contribution < -0.4 is 11.1 Å². The van der Waals surface area contributed by atoms with Gasteiger partial charge in [0.2, 0.25) is 0 Å². The Balaban J connectivity index is 2.24. The lowest BCUT2D eigenvalue weighted by Crippen LogP contribution is -2.18. The van der Waals surface area contributed by atoms with Crippen LogP contribution in [0.1, 0.15) is 0 Å². The molecular formula is C12H12N4O4. The molecule has 0 aliphatic carbocycles. The molecule has 1 aromatic heterocycles. The number of anilines is 1. The molecule has 3 N–H and O–H groups in total. The van der Waals surface area contributed by atoms with Crippen molar-refractivity contribution in [1.29, 1.82) is 0 Å². The van der Waals surface area contributed by atoms with Gasteiger partial charge >= 0.3 is 6.09 Å². The van der Waals surface area contributed by atoms with E-state index in [9.17, 15) is 14.9 Å². The first kappa shape index (κ1) is 13.5. The maximum absolute atomic E-state index is 11.0. The highest BCUT2D eigenvalue weighted by Gasteiger charge is 2.13. The van der Waals surface area contributed by atoms with E-state index in [1.165, 1.54) is 12.3 Å². The van der Waals surface area contributed by atoms with Crippen LogP contribution in [-0.4, -0.2) is 29.2 Å². The molecule has 20 heavy (non-hydrogen) atoms. The van der Waals surface area contributed by atoms with Crippen LogP contribution in [0.2, 0.25) is 0 Å². The number of amides is 1. The van der Waals surface area contributed by atoms with Gasteiger partial charge in [0, 0.05) is 36.1 Å². The van der Waals surface area contributed by atoms with Crippen LogP contribution in [0.25, 0.3) is 10.8 Å². The summed E-state index contributed by atoms with van der Waals surface area (Å²) in [4.78, 5) is 24.9. The number of hydrogen-bond donors (Lipinski definition) is 2. The van der Waals surface area contributed by atoms with Gasteiger partial charge in [0.15, 0.2) is 0 Å². The molecule has 8 nitrogen and oxygen atoms in total. The Morgan fingerprint density at radius 2 is 2.20 bits per heavy atom. The number of hydrogen-bond acceptors (Lipinski definition) is 6. The number of nitrogens with zero attached hydrogens (tertiary/aromatic N) is 2. The number of ether oxygens (including phenoxy) is 1. The first-order chi connectivity index (χ1) is 9.59. The molecule has 1 heterocycles. The summed E-state index contributed by atoms with van der Waals surface area (Å²) in [6.45, 7) is 0.443. The van der Waals surface area contributed by atoms with Gasteiger partial charge in [-0.2, -0.15) is 0 Å². The second-order valence-electron chi connectivity index (χ2n) is 3.90. The van der Waals surface area contributed by atoms with Crippen molar-refractivity contribution in [3.05, 3.63) is 40.7 Å². The van der Waals surface area contributed by atoms with E-state index in [1.54, 1.807) is 18.3 Å². The molecule has 0 unspecified atom stereocenters.